The summed E-state index contributed by atoms with van der Waals surface area (Å²) in [6.45, 7) is 0.601. The van der Waals surface area contributed by atoms with Crippen molar-refractivity contribution in [2.24, 2.45) is 0 Å². The van der Waals surface area contributed by atoms with E-state index in [0.717, 1.165) is 16.3 Å². The number of nitrogens with zero attached hydrogens (tertiary/aromatic N) is 1. The molecule has 122 valence electrons. The van der Waals surface area contributed by atoms with Crippen molar-refractivity contribution in [2.45, 2.75) is 6.04 Å². The average molecular weight is 352 g/mol. The van der Waals surface area contributed by atoms with Crippen molar-refractivity contribution in [1.29, 1.82) is 0 Å². The van der Waals surface area contributed by atoms with Gasteiger partial charge in [-0.05, 0) is 62.2 Å². The first-order valence-corrected chi connectivity index (χ1v) is 7.97. The maximum Gasteiger partial charge on any atom is 0.170 e. The smallest absolute Gasteiger partial charge is 0.170 e. The molecule has 0 heterocycles. The number of anilines is 1. The number of nitrogens with one attached hydrogen (secondary N) is 2. The van der Waals surface area contributed by atoms with Gasteiger partial charge in [-0.25, -0.2) is 4.39 Å². The fraction of sp³-hybridized carbons (Fsp3) is 0.235. The van der Waals surface area contributed by atoms with Crippen LogP contribution in [0.1, 0.15) is 11.6 Å². The zero-order chi connectivity index (χ0) is 16.8. The van der Waals surface area contributed by atoms with Crippen molar-refractivity contribution in [1.82, 2.24) is 10.2 Å². The zero-order valence-corrected chi connectivity index (χ0v) is 14.6. The van der Waals surface area contributed by atoms with Crippen molar-refractivity contribution < 1.29 is 4.39 Å². The average Bonchev–Trinajstić information content (AvgIpc) is 2.51. The van der Waals surface area contributed by atoms with Gasteiger partial charge in [0.25, 0.3) is 0 Å². The highest BCUT2D eigenvalue weighted by Crippen LogP contribution is 2.25. The third-order valence-electron chi connectivity index (χ3n) is 3.45. The van der Waals surface area contributed by atoms with Gasteiger partial charge in [0.15, 0.2) is 5.11 Å². The molecule has 0 aromatic heterocycles. The first-order valence-electron chi connectivity index (χ1n) is 7.18. The van der Waals surface area contributed by atoms with E-state index in [1.807, 2.05) is 38.4 Å². The summed E-state index contributed by atoms with van der Waals surface area (Å²) in [6, 6.07) is 13.9. The zero-order valence-electron chi connectivity index (χ0n) is 13.0. The summed E-state index contributed by atoms with van der Waals surface area (Å²) >= 11 is 11.6. The van der Waals surface area contributed by atoms with E-state index in [2.05, 4.69) is 15.5 Å². The summed E-state index contributed by atoms with van der Waals surface area (Å²) in [5, 5.41) is 7.42. The second kappa shape index (κ2) is 8.24. The van der Waals surface area contributed by atoms with Gasteiger partial charge >= 0.3 is 0 Å². The summed E-state index contributed by atoms with van der Waals surface area (Å²) in [6.07, 6.45) is 0. The predicted molar refractivity (Wildman–Crippen MR) is 98.5 cm³/mol. The Bertz CT molecular complexity index is 661. The first kappa shape index (κ1) is 17.7. The van der Waals surface area contributed by atoms with E-state index >= 15 is 0 Å². The lowest BCUT2D eigenvalue weighted by Crippen LogP contribution is -2.36. The Kier molecular flexibility index (Phi) is 6.33. The minimum Gasteiger partial charge on any atom is -0.361 e. The summed E-state index contributed by atoms with van der Waals surface area (Å²) in [4.78, 5) is 2.08. The van der Waals surface area contributed by atoms with E-state index in [4.69, 9.17) is 23.8 Å². The summed E-state index contributed by atoms with van der Waals surface area (Å²) < 4.78 is 12.9. The van der Waals surface area contributed by atoms with E-state index in [-0.39, 0.29) is 11.9 Å². The van der Waals surface area contributed by atoms with E-state index in [0.29, 0.717) is 11.7 Å². The van der Waals surface area contributed by atoms with E-state index in [1.54, 1.807) is 12.1 Å². The van der Waals surface area contributed by atoms with Crippen LogP contribution in [-0.4, -0.2) is 30.7 Å². The summed E-state index contributed by atoms with van der Waals surface area (Å²) in [5.74, 6) is -0.277. The number of hydrogen-bond donors (Lipinski definition) is 2. The molecule has 0 aliphatic heterocycles. The van der Waals surface area contributed by atoms with Crippen LogP contribution in [0.25, 0.3) is 0 Å². The van der Waals surface area contributed by atoms with Crippen LogP contribution < -0.4 is 10.6 Å². The molecule has 0 unspecified atom stereocenters. The van der Waals surface area contributed by atoms with Gasteiger partial charge in [-0.15, -0.1) is 0 Å². The second-order valence-electron chi connectivity index (χ2n) is 5.34. The van der Waals surface area contributed by atoms with Crippen LogP contribution in [0, 0.1) is 5.82 Å². The van der Waals surface area contributed by atoms with Crippen LogP contribution in [0.3, 0.4) is 0 Å². The van der Waals surface area contributed by atoms with E-state index in [9.17, 15) is 4.39 Å². The quantitative estimate of drug-likeness (QED) is 0.794. The Morgan fingerprint density at radius 3 is 2.43 bits per heavy atom. The summed E-state index contributed by atoms with van der Waals surface area (Å²) in [7, 11) is 3.98. The SMILES string of the molecule is CN(C)[C@@H](CNC(=S)Nc1ccc(F)cc1)c1ccccc1Cl. The van der Waals surface area contributed by atoms with E-state index < -0.39 is 0 Å². The molecule has 1 atom stereocenters. The largest absolute Gasteiger partial charge is 0.361 e. The Balaban J connectivity index is 1.97. The number of hydrogen-bond acceptors (Lipinski definition) is 2. The molecule has 0 fully saturated rings. The van der Waals surface area contributed by atoms with Crippen molar-refractivity contribution >= 4 is 34.6 Å². The predicted octanol–water partition coefficient (Wildman–Crippen LogP) is 4.07. The lowest BCUT2D eigenvalue weighted by Gasteiger charge is -2.26. The molecule has 0 radical (unpaired) electrons. The topological polar surface area (TPSA) is 27.3 Å². The molecule has 0 saturated heterocycles. The molecule has 6 heteroatoms. The maximum absolute atomic E-state index is 12.9. The number of halogens is 2. The fourth-order valence-electron chi connectivity index (χ4n) is 2.21. The Morgan fingerprint density at radius 1 is 1.17 bits per heavy atom. The van der Waals surface area contributed by atoms with Crippen LogP contribution in [0.2, 0.25) is 5.02 Å². The number of benzene rings is 2. The fourth-order valence-corrected chi connectivity index (χ4v) is 2.68. The second-order valence-corrected chi connectivity index (χ2v) is 6.16. The first-order chi connectivity index (χ1) is 11.0. The molecule has 0 bridgehead atoms. The molecule has 0 saturated carbocycles. The van der Waals surface area contributed by atoms with Gasteiger partial charge in [0.05, 0.1) is 6.04 Å². The minimum absolute atomic E-state index is 0.0802. The minimum atomic E-state index is -0.277. The maximum atomic E-state index is 12.9. The molecule has 0 aliphatic rings. The highest BCUT2D eigenvalue weighted by atomic mass is 35.5. The van der Waals surface area contributed by atoms with Crippen LogP contribution in [0.5, 0.6) is 0 Å². The molecular formula is C17H19ClFN3S. The molecular weight excluding hydrogens is 333 g/mol. The monoisotopic (exact) mass is 351 g/mol. The van der Waals surface area contributed by atoms with Crippen LogP contribution >= 0.6 is 23.8 Å². The lowest BCUT2D eigenvalue weighted by molar-refractivity contribution is 0.299. The molecule has 23 heavy (non-hydrogen) atoms. The molecule has 2 aromatic carbocycles. The van der Waals surface area contributed by atoms with Gasteiger partial charge in [-0.3, -0.25) is 0 Å². The molecule has 2 aromatic rings. The van der Waals surface area contributed by atoms with Crippen LogP contribution in [0.4, 0.5) is 10.1 Å². The van der Waals surface area contributed by atoms with Gasteiger partial charge in [-0.1, -0.05) is 29.8 Å². The van der Waals surface area contributed by atoms with Crippen LogP contribution in [0.15, 0.2) is 48.5 Å². The Hall–Kier alpha value is -1.69. The molecule has 2 rings (SSSR count). The van der Waals surface area contributed by atoms with Crippen molar-refractivity contribution in [3.05, 3.63) is 64.9 Å². The normalized spacial score (nSPS) is 12.0. The number of likely N-dealkylation sites (N-methyl/N-ethyl adjacent to an activating group) is 1. The molecule has 0 amide bonds. The third kappa shape index (κ3) is 5.16. The Labute approximate surface area is 146 Å². The lowest BCUT2D eigenvalue weighted by atomic mass is 10.1. The van der Waals surface area contributed by atoms with Gasteiger partial charge in [-0.2, -0.15) is 0 Å². The van der Waals surface area contributed by atoms with Gasteiger partial charge < -0.3 is 15.5 Å². The van der Waals surface area contributed by atoms with Crippen molar-refractivity contribution in [3.8, 4) is 0 Å². The highest BCUT2D eigenvalue weighted by molar-refractivity contribution is 7.80. The van der Waals surface area contributed by atoms with Crippen molar-refractivity contribution in [3.63, 3.8) is 0 Å². The van der Waals surface area contributed by atoms with Gasteiger partial charge in [0.2, 0.25) is 0 Å². The molecule has 0 aliphatic carbocycles. The van der Waals surface area contributed by atoms with Crippen LogP contribution in [-0.2, 0) is 0 Å². The number of thiocarbonyl (C=S) groups is 1. The standard InChI is InChI=1S/C17H19ClFN3S/c1-22(2)16(14-5-3-4-6-15(14)18)11-20-17(23)21-13-9-7-12(19)8-10-13/h3-10,16H,11H2,1-2H3,(H2,20,21,23)/t16-/m0/s1. The third-order valence-corrected chi connectivity index (χ3v) is 4.04. The summed E-state index contributed by atoms with van der Waals surface area (Å²) in [5.41, 5.74) is 1.78. The molecule has 2 N–H and O–H groups in total. The molecule has 3 nitrogen and oxygen atoms in total. The molecule has 0 spiro atoms. The van der Waals surface area contributed by atoms with Gasteiger partial charge in [0, 0.05) is 17.3 Å². The van der Waals surface area contributed by atoms with Crippen molar-refractivity contribution in [2.75, 3.05) is 26.0 Å². The van der Waals surface area contributed by atoms with E-state index in [1.165, 1.54) is 12.1 Å². The van der Waals surface area contributed by atoms with Gasteiger partial charge in [0.1, 0.15) is 5.82 Å². The number of rotatable bonds is 5. The Morgan fingerprint density at radius 2 is 1.83 bits per heavy atom. The highest BCUT2D eigenvalue weighted by Gasteiger charge is 2.17.